The lowest BCUT2D eigenvalue weighted by atomic mass is 10.1. The average molecular weight is 353 g/mol. The largest absolute Gasteiger partial charge is 0.504 e. The molecule has 1 saturated heterocycles. The lowest BCUT2D eigenvalue weighted by molar-refractivity contribution is -0.157. The number of nitrogens with one attached hydrogen (secondary N) is 1. The summed E-state index contributed by atoms with van der Waals surface area (Å²) in [4.78, 5) is 15.4. The normalized spacial score (nSPS) is 20.1. The first kappa shape index (κ1) is 16.5. The quantitative estimate of drug-likeness (QED) is 0.783. The second kappa shape index (κ2) is 6.26. The number of carboxylic acids is 1. The molecule has 0 saturated carbocycles. The first-order chi connectivity index (χ1) is 11.4. The van der Waals surface area contributed by atoms with Crippen molar-refractivity contribution in [3.63, 3.8) is 0 Å². The number of hydrogen-bond acceptors (Lipinski definition) is 5. The number of halogens is 2. The molecule has 3 rings (SSSR count). The van der Waals surface area contributed by atoms with Crippen LogP contribution in [0.15, 0.2) is 30.5 Å². The fourth-order valence-electron chi connectivity index (χ4n) is 2.60. The van der Waals surface area contributed by atoms with E-state index in [9.17, 15) is 19.4 Å². The van der Waals surface area contributed by atoms with Crippen molar-refractivity contribution in [3.05, 3.63) is 41.3 Å². The third-order valence-corrected chi connectivity index (χ3v) is 3.99. The number of phenols is 1. The predicted octanol–water partition coefficient (Wildman–Crippen LogP) is 2.79. The SMILES string of the molecule is O=C(O)[C@]1(Oc2ccc(-c3ncc(Cl)cc3F)cc2O)CCCN1. The minimum Gasteiger partial charge on any atom is -0.504 e. The first-order valence-corrected chi connectivity index (χ1v) is 7.61. The number of aliphatic carboxylic acids is 1. The van der Waals surface area contributed by atoms with Crippen LogP contribution in [-0.4, -0.2) is 33.4 Å². The summed E-state index contributed by atoms with van der Waals surface area (Å²) in [6.45, 7) is 0.505. The molecule has 1 aliphatic rings. The van der Waals surface area contributed by atoms with Crippen LogP contribution in [0.2, 0.25) is 5.02 Å². The molecule has 0 spiro atoms. The molecule has 0 aliphatic carbocycles. The molecule has 1 aliphatic heterocycles. The molecule has 24 heavy (non-hydrogen) atoms. The van der Waals surface area contributed by atoms with E-state index >= 15 is 0 Å². The van der Waals surface area contributed by atoms with Gasteiger partial charge in [0.1, 0.15) is 5.69 Å². The van der Waals surface area contributed by atoms with Crippen molar-refractivity contribution < 1.29 is 24.1 Å². The van der Waals surface area contributed by atoms with Gasteiger partial charge in [0.2, 0.25) is 0 Å². The van der Waals surface area contributed by atoms with Gasteiger partial charge in [0.15, 0.2) is 17.3 Å². The van der Waals surface area contributed by atoms with Gasteiger partial charge < -0.3 is 14.9 Å². The van der Waals surface area contributed by atoms with E-state index in [1.54, 1.807) is 0 Å². The van der Waals surface area contributed by atoms with Gasteiger partial charge in [0.05, 0.1) is 5.02 Å². The van der Waals surface area contributed by atoms with E-state index in [-0.39, 0.29) is 28.6 Å². The van der Waals surface area contributed by atoms with Crippen molar-refractivity contribution in [1.29, 1.82) is 0 Å². The van der Waals surface area contributed by atoms with E-state index < -0.39 is 17.5 Å². The second-order valence-corrected chi connectivity index (χ2v) is 5.87. The molecule has 1 atom stereocenters. The third kappa shape index (κ3) is 3.00. The van der Waals surface area contributed by atoms with E-state index in [4.69, 9.17) is 16.3 Å². The zero-order valence-corrected chi connectivity index (χ0v) is 13.2. The molecule has 1 aromatic heterocycles. The Balaban J connectivity index is 1.91. The number of nitrogens with zero attached hydrogens (tertiary/aromatic N) is 1. The van der Waals surface area contributed by atoms with Crippen LogP contribution < -0.4 is 10.1 Å². The topological polar surface area (TPSA) is 91.7 Å². The summed E-state index contributed by atoms with van der Waals surface area (Å²) >= 11 is 5.67. The van der Waals surface area contributed by atoms with Crippen LogP contribution in [0, 0.1) is 5.82 Å². The first-order valence-electron chi connectivity index (χ1n) is 7.23. The molecule has 0 radical (unpaired) electrons. The highest BCUT2D eigenvalue weighted by Gasteiger charge is 2.44. The number of aromatic hydroxyl groups is 1. The van der Waals surface area contributed by atoms with Gasteiger partial charge in [-0.15, -0.1) is 0 Å². The van der Waals surface area contributed by atoms with E-state index in [2.05, 4.69) is 10.3 Å². The third-order valence-electron chi connectivity index (χ3n) is 3.79. The number of carbonyl (C=O) groups is 1. The molecule has 0 amide bonds. The van der Waals surface area contributed by atoms with Crippen molar-refractivity contribution in [3.8, 4) is 22.8 Å². The van der Waals surface area contributed by atoms with Crippen molar-refractivity contribution >= 4 is 17.6 Å². The van der Waals surface area contributed by atoms with Gasteiger partial charge in [-0.3, -0.25) is 10.3 Å². The molecule has 1 fully saturated rings. The van der Waals surface area contributed by atoms with E-state index in [0.29, 0.717) is 18.5 Å². The molecule has 2 heterocycles. The number of carboxylic acid groups (broad SMARTS) is 1. The predicted molar refractivity (Wildman–Crippen MR) is 84.5 cm³/mol. The highest BCUT2D eigenvalue weighted by Crippen LogP contribution is 2.35. The van der Waals surface area contributed by atoms with E-state index in [0.717, 1.165) is 6.07 Å². The average Bonchev–Trinajstić information content (AvgIpc) is 2.99. The standard InChI is InChI=1S/C16H14ClFN2O4/c17-10-7-11(18)14(19-8-10)9-2-3-13(12(21)6-9)24-16(15(22)23)4-1-5-20-16/h2-3,6-8,20-21H,1,4-5H2,(H,22,23)/t16-/m1/s1. The molecule has 2 aromatic rings. The van der Waals surface area contributed by atoms with Gasteiger partial charge in [0, 0.05) is 18.2 Å². The molecular formula is C16H14ClFN2O4. The van der Waals surface area contributed by atoms with E-state index in [1.807, 2.05) is 0 Å². The second-order valence-electron chi connectivity index (χ2n) is 5.43. The van der Waals surface area contributed by atoms with Crippen molar-refractivity contribution in [2.24, 2.45) is 0 Å². The summed E-state index contributed by atoms with van der Waals surface area (Å²) < 4.78 is 19.4. The lowest BCUT2D eigenvalue weighted by Crippen LogP contribution is -2.52. The number of phenolic OH excluding ortho intramolecular Hbond substituents is 1. The Hall–Kier alpha value is -2.38. The van der Waals surface area contributed by atoms with Crippen molar-refractivity contribution in [2.45, 2.75) is 18.6 Å². The van der Waals surface area contributed by atoms with Crippen LogP contribution in [0.3, 0.4) is 0 Å². The van der Waals surface area contributed by atoms with Gasteiger partial charge in [-0.25, -0.2) is 9.18 Å². The summed E-state index contributed by atoms with van der Waals surface area (Å²) in [6, 6.07) is 5.25. The number of hydrogen-bond donors (Lipinski definition) is 3. The van der Waals surface area contributed by atoms with Gasteiger partial charge >= 0.3 is 5.97 Å². The van der Waals surface area contributed by atoms with Crippen molar-refractivity contribution in [2.75, 3.05) is 6.54 Å². The maximum atomic E-state index is 13.9. The molecule has 6 nitrogen and oxygen atoms in total. The number of aromatic nitrogens is 1. The zero-order valence-electron chi connectivity index (χ0n) is 12.4. The highest BCUT2D eigenvalue weighted by molar-refractivity contribution is 6.30. The monoisotopic (exact) mass is 352 g/mol. The summed E-state index contributed by atoms with van der Waals surface area (Å²) in [5.74, 6) is -2.10. The van der Waals surface area contributed by atoms with Crippen LogP contribution in [0.5, 0.6) is 11.5 Å². The van der Waals surface area contributed by atoms with Gasteiger partial charge in [-0.2, -0.15) is 0 Å². The fourth-order valence-corrected chi connectivity index (χ4v) is 2.74. The zero-order chi connectivity index (χ0) is 17.3. The molecule has 0 unspecified atom stereocenters. The molecule has 126 valence electrons. The Bertz CT molecular complexity index is 794. The summed E-state index contributed by atoms with van der Waals surface area (Å²) in [6.07, 6.45) is 2.21. The number of ether oxygens (including phenoxy) is 1. The molecular weight excluding hydrogens is 339 g/mol. The molecule has 3 N–H and O–H groups in total. The Morgan fingerprint density at radius 2 is 2.21 bits per heavy atom. The van der Waals surface area contributed by atoms with Crippen LogP contribution >= 0.6 is 11.6 Å². The Kier molecular flexibility index (Phi) is 4.29. The highest BCUT2D eigenvalue weighted by atomic mass is 35.5. The van der Waals surface area contributed by atoms with Gasteiger partial charge in [-0.1, -0.05) is 11.6 Å². The maximum Gasteiger partial charge on any atom is 0.363 e. The number of rotatable bonds is 4. The fraction of sp³-hybridized carbons (Fsp3) is 0.250. The van der Waals surface area contributed by atoms with Crippen molar-refractivity contribution in [1.82, 2.24) is 10.3 Å². The van der Waals surface area contributed by atoms with Crippen LogP contribution in [0.1, 0.15) is 12.8 Å². The summed E-state index contributed by atoms with van der Waals surface area (Å²) in [5.41, 5.74) is -1.23. The van der Waals surface area contributed by atoms with Crippen LogP contribution in [-0.2, 0) is 4.79 Å². The smallest absolute Gasteiger partial charge is 0.363 e. The van der Waals surface area contributed by atoms with E-state index in [1.165, 1.54) is 24.4 Å². The number of benzene rings is 1. The minimum atomic E-state index is -1.57. The molecule has 0 bridgehead atoms. The van der Waals surface area contributed by atoms with Gasteiger partial charge in [-0.05, 0) is 37.2 Å². The Labute approximate surface area is 141 Å². The maximum absolute atomic E-state index is 13.9. The Morgan fingerprint density at radius 3 is 2.79 bits per heavy atom. The minimum absolute atomic E-state index is 0.00933. The lowest BCUT2D eigenvalue weighted by Gasteiger charge is -2.26. The number of pyridine rings is 1. The molecule has 8 heteroatoms. The van der Waals surface area contributed by atoms with Crippen LogP contribution in [0.4, 0.5) is 4.39 Å². The Morgan fingerprint density at radius 1 is 1.42 bits per heavy atom. The molecule has 1 aromatic carbocycles. The van der Waals surface area contributed by atoms with Crippen LogP contribution in [0.25, 0.3) is 11.3 Å². The summed E-state index contributed by atoms with van der Waals surface area (Å²) in [7, 11) is 0. The van der Waals surface area contributed by atoms with Gasteiger partial charge in [0.25, 0.3) is 5.72 Å². The summed E-state index contributed by atoms with van der Waals surface area (Å²) in [5, 5.41) is 22.5.